The minimum Gasteiger partial charge on any atom is -0.491 e. The Morgan fingerprint density at radius 1 is 0.762 bits per heavy atom. The van der Waals surface area contributed by atoms with Gasteiger partial charge in [0.2, 0.25) is 18.6 Å². The number of fused-ring (bicyclic) bond motifs is 4. The molecule has 3 saturated heterocycles. The number of carbonyl (C=O) groups excluding carboxylic acids is 4. The molecule has 0 saturated carbocycles. The molecule has 6 atom stereocenters. The second-order valence-electron chi connectivity index (χ2n) is 21.5. The average molecular weight is 1130 g/mol. The van der Waals surface area contributed by atoms with Crippen molar-refractivity contribution in [2.24, 2.45) is 5.92 Å². The number of morpholine rings is 1. The highest BCUT2D eigenvalue weighted by Gasteiger charge is 2.76. The van der Waals surface area contributed by atoms with Crippen molar-refractivity contribution < 1.29 is 52.9 Å². The number of ether oxygens (including phenoxy) is 5. The summed E-state index contributed by atoms with van der Waals surface area (Å²) in [7, 11) is 1.96. The maximum atomic E-state index is 17.1. The molecule has 84 heavy (non-hydrogen) atoms. The quantitative estimate of drug-likeness (QED) is 0.0444. The fraction of sp³-hybridized carbons (Fsp3) is 0.273. The normalized spacial score (nSPS) is 21.6. The Balaban J connectivity index is 1.04. The molecule has 0 bridgehead atoms. The summed E-state index contributed by atoms with van der Waals surface area (Å²) in [6.07, 6.45) is -2.07. The van der Waals surface area contributed by atoms with E-state index in [-0.39, 0.29) is 62.4 Å². The van der Waals surface area contributed by atoms with Gasteiger partial charge < -0.3 is 33.7 Å². The van der Waals surface area contributed by atoms with Crippen molar-refractivity contribution in [3.05, 3.63) is 231 Å². The zero-order chi connectivity index (χ0) is 57.9. The van der Waals surface area contributed by atoms with E-state index in [1.807, 2.05) is 121 Å². The van der Waals surface area contributed by atoms with E-state index in [1.54, 1.807) is 47.4 Å². The largest absolute Gasteiger partial charge is 0.491 e. The van der Waals surface area contributed by atoms with Crippen LogP contribution in [0, 0.1) is 27.9 Å². The minimum absolute atomic E-state index is 0.106. The maximum absolute atomic E-state index is 17.1. The lowest BCUT2D eigenvalue weighted by atomic mass is 9.64. The first-order chi connectivity index (χ1) is 41.0. The van der Waals surface area contributed by atoms with Gasteiger partial charge in [-0.25, -0.2) is 9.69 Å². The number of aliphatic hydroxyl groups is 1. The summed E-state index contributed by atoms with van der Waals surface area (Å²) in [6.45, 7) is 2.13. The number of cyclic esters (lactones) is 1. The Morgan fingerprint density at radius 2 is 1.44 bits per heavy atom. The molecule has 18 heteroatoms. The van der Waals surface area contributed by atoms with Crippen LogP contribution in [0.1, 0.15) is 62.7 Å². The molecule has 0 radical (unpaired) electrons. The fourth-order valence-electron chi connectivity index (χ4n) is 12.7. The molecular formula is C66H60N6O12. The SMILES string of the molecule is CN(CC#Cc1ccc2c(c1)[C@]1(C(=O)N2C(=O)OCc2ccc([N+](=O)[O-])cc2)[C@H](c2ccccc2OCCO)N2[C@H](c3ccccc3)[C@H](c3ccccc3)OC(=O)[C@H]2[C@@H]1C(=O)N1CCN(Cc2ccc3c(c2)OCO3)CC1)Cc1ccccc1. The van der Waals surface area contributed by atoms with Gasteiger partial charge in [-0.3, -0.25) is 39.2 Å². The number of nitro groups is 1. The summed E-state index contributed by atoms with van der Waals surface area (Å²) in [5.74, 6) is 4.56. The smallest absolute Gasteiger partial charge is 0.421 e. The highest BCUT2D eigenvalue weighted by molar-refractivity contribution is 6.23. The van der Waals surface area contributed by atoms with E-state index in [4.69, 9.17) is 23.7 Å². The third-order valence-corrected chi connectivity index (χ3v) is 16.4. The van der Waals surface area contributed by atoms with Gasteiger partial charge in [-0.2, -0.15) is 0 Å². The Labute approximate surface area is 485 Å². The highest BCUT2D eigenvalue weighted by atomic mass is 16.7. The van der Waals surface area contributed by atoms with Crippen LogP contribution < -0.4 is 19.1 Å². The molecule has 426 valence electrons. The Bertz CT molecular complexity index is 3670. The van der Waals surface area contributed by atoms with Crippen LogP contribution in [-0.4, -0.2) is 119 Å². The summed E-state index contributed by atoms with van der Waals surface area (Å²) >= 11 is 0. The number of esters is 1. The number of anilines is 1. The van der Waals surface area contributed by atoms with Gasteiger partial charge in [0.1, 0.15) is 36.5 Å². The molecule has 1 spiro atoms. The van der Waals surface area contributed by atoms with E-state index in [0.29, 0.717) is 72.0 Å². The summed E-state index contributed by atoms with van der Waals surface area (Å²) in [5.41, 5.74) is 2.80. The van der Waals surface area contributed by atoms with E-state index in [9.17, 15) is 15.2 Å². The number of aliphatic hydroxyl groups excluding tert-OH is 1. The molecule has 7 aromatic carbocycles. The molecule has 1 N–H and O–H groups in total. The van der Waals surface area contributed by atoms with Crippen molar-refractivity contribution in [1.82, 2.24) is 19.6 Å². The number of non-ortho nitro benzene ring substituents is 1. The molecule has 18 nitrogen and oxygen atoms in total. The zero-order valence-electron chi connectivity index (χ0n) is 46.0. The summed E-state index contributed by atoms with van der Waals surface area (Å²) in [6, 6.07) is 48.7. The lowest BCUT2D eigenvalue weighted by Gasteiger charge is -2.46. The van der Waals surface area contributed by atoms with E-state index < -0.39 is 64.4 Å². The van der Waals surface area contributed by atoms with Crippen LogP contribution in [0.25, 0.3) is 0 Å². The van der Waals surface area contributed by atoms with Crippen LogP contribution in [-0.2, 0) is 49.0 Å². The van der Waals surface area contributed by atoms with E-state index >= 15 is 19.2 Å². The van der Waals surface area contributed by atoms with Gasteiger partial charge in [-0.05, 0) is 89.0 Å². The first-order valence-corrected chi connectivity index (χ1v) is 27.9. The lowest BCUT2D eigenvalue weighted by Crippen LogP contribution is -2.59. The number of rotatable bonds is 15. The lowest BCUT2D eigenvalue weighted by molar-refractivity contribution is -0.384. The van der Waals surface area contributed by atoms with Gasteiger partial charge in [0.15, 0.2) is 11.5 Å². The van der Waals surface area contributed by atoms with Crippen molar-refractivity contribution in [2.75, 3.05) is 64.7 Å². The predicted octanol–water partition coefficient (Wildman–Crippen LogP) is 8.52. The van der Waals surface area contributed by atoms with Gasteiger partial charge in [0, 0.05) is 62.5 Å². The van der Waals surface area contributed by atoms with Gasteiger partial charge in [-0.1, -0.05) is 127 Å². The number of nitrogens with zero attached hydrogens (tertiary/aromatic N) is 6. The summed E-state index contributed by atoms with van der Waals surface area (Å²) in [4.78, 5) is 84.9. The minimum atomic E-state index is -2.16. The third kappa shape index (κ3) is 10.5. The van der Waals surface area contributed by atoms with Crippen LogP contribution in [0.3, 0.4) is 0 Å². The van der Waals surface area contributed by atoms with Crippen LogP contribution in [0.4, 0.5) is 16.2 Å². The molecule has 3 amide bonds. The Morgan fingerprint density at radius 3 is 2.17 bits per heavy atom. The zero-order valence-corrected chi connectivity index (χ0v) is 46.0. The molecule has 5 aliphatic heterocycles. The maximum Gasteiger partial charge on any atom is 0.421 e. The molecule has 0 unspecified atom stereocenters. The first kappa shape index (κ1) is 55.2. The number of hydrogen-bond donors (Lipinski definition) is 1. The monoisotopic (exact) mass is 1130 g/mol. The topological polar surface area (TPSA) is 194 Å². The molecule has 5 aliphatic rings. The Hall–Kier alpha value is -9.38. The summed E-state index contributed by atoms with van der Waals surface area (Å²) in [5, 5.41) is 21.9. The fourth-order valence-corrected chi connectivity index (χ4v) is 12.7. The van der Waals surface area contributed by atoms with Crippen molar-refractivity contribution >= 4 is 35.3 Å². The number of piperazine rings is 1. The number of amides is 3. The van der Waals surface area contributed by atoms with Gasteiger partial charge >= 0.3 is 12.1 Å². The second-order valence-corrected chi connectivity index (χ2v) is 21.5. The van der Waals surface area contributed by atoms with E-state index in [1.165, 1.54) is 24.3 Å². The number of nitro benzene ring substituents is 1. The molecule has 0 aromatic heterocycles. The number of imide groups is 1. The van der Waals surface area contributed by atoms with Crippen LogP contribution >= 0.6 is 0 Å². The number of para-hydroxylation sites is 1. The molecular weight excluding hydrogens is 1070 g/mol. The summed E-state index contributed by atoms with van der Waals surface area (Å²) < 4.78 is 30.4. The molecule has 3 fully saturated rings. The van der Waals surface area contributed by atoms with E-state index in [2.05, 4.69) is 21.6 Å². The second kappa shape index (κ2) is 23.8. The van der Waals surface area contributed by atoms with Gasteiger partial charge in [-0.15, -0.1) is 0 Å². The van der Waals surface area contributed by atoms with Crippen LogP contribution in [0.15, 0.2) is 176 Å². The van der Waals surface area contributed by atoms with Crippen molar-refractivity contribution in [1.29, 1.82) is 0 Å². The molecule has 5 heterocycles. The molecule has 7 aromatic rings. The van der Waals surface area contributed by atoms with Crippen LogP contribution in [0.5, 0.6) is 17.2 Å². The van der Waals surface area contributed by atoms with Gasteiger partial charge in [0.25, 0.3) is 5.69 Å². The van der Waals surface area contributed by atoms with E-state index in [0.717, 1.165) is 16.0 Å². The predicted molar refractivity (Wildman–Crippen MR) is 308 cm³/mol. The third-order valence-electron chi connectivity index (χ3n) is 16.4. The van der Waals surface area contributed by atoms with Crippen molar-refractivity contribution in [2.45, 2.75) is 49.3 Å². The first-order valence-electron chi connectivity index (χ1n) is 27.9. The van der Waals surface area contributed by atoms with Crippen molar-refractivity contribution in [3.63, 3.8) is 0 Å². The standard InChI is InChI=1S/C66H60N6O12/c1-67(40-45-14-5-2-6-15-45)31-13-16-44-25-29-53-52(38-44)66(64(76)70(53)65(77)81-42-46-23-27-50(28-24-46)72(78)79)57(62(74)69-34-32-68(33-35-69)41-47-26-30-55-56(39-47)83-43-82-55)59-63(75)84-60(49-19-9-4-10-20-49)58(48-17-7-3-8-18-48)71(59)61(66)51-21-11-12-22-54(51)80-37-36-73/h2-12,14-15,17-30,38-39,57-61,73H,31-37,40-43H2,1H3/t57-,58-,59-,60+,61+,66-/m1/s1. The Kier molecular flexibility index (Phi) is 15.7. The van der Waals surface area contributed by atoms with Crippen molar-refractivity contribution in [3.8, 4) is 29.1 Å². The molecule has 12 rings (SSSR count). The number of hydrogen-bond acceptors (Lipinski definition) is 15. The number of benzene rings is 7. The molecule has 0 aliphatic carbocycles. The number of carbonyl (C=O) groups is 4. The van der Waals surface area contributed by atoms with Gasteiger partial charge in [0.05, 0.1) is 41.8 Å². The van der Waals surface area contributed by atoms with Crippen LogP contribution in [0.2, 0.25) is 0 Å². The highest BCUT2D eigenvalue weighted by Crippen LogP contribution is 2.67. The average Bonchev–Trinajstić information content (AvgIpc) is 1.51.